The molecule has 1 aromatic heterocycles. The lowest BCUT2D eigenvalue weighted by Crippen LogP contribution is -2.20. The lowest BCUT2D eigenvalue weighted by atomic mass is 9.95. The number of ether oxygens (including phenoxy) is 1. The first-order valence-electron chi connectivity index (χ1n) is 8.45. The number of nitrogens with one attached hydrogen (secondary N) is 1. The van der Waals surface area contributed by atoms with Crippen LogP contribution in [0.1, 0.15) is 28.8 Å². The van der Waals surface area contributed by atoms with E-state index in [1.165, 1.54) is 0 Å². The van der Waals surface area contributed by atoms with Crippen molar-refractivity contribution < 1.29 is 18.3 Å². The van der Waals surface area contributed by atoms with Crippen LogP contribution in [-0.2, 0) is 4.74 Å². The monoisotopic (exact) mass is 366 g/mol. The summed E-state index contributed by atoms with van der Waals surface area (Å²) in [6, 6.07) is 12.2. The van der Waals surface area contributed by atoms with Gasteiger partial charge in [0.05, 0.1) is 0 Å². The Hall–Kier alpha value is -3.28. The summed E-state index contributed by atoms with van der Waals surface area (Å²) in [5, 5.41) is 2.67. The molecule has 0 saturated carbocycles. The van der Waals surface area contributed by atoms with Crippen molar-refractivity contribution in [2.24, 2.45) is 0 Å². The zero-order chi connectivity index (χ0) is 19.0. The van der Waals surface area contributed by atoms with Crippen molar-refractivity contribution in [3.05, 3.63) is 89.2 Å². The number of benzene rings is 2. The SMILES string of the molecule is Cc1cccc(-c2cncc([C@H]3NC(=O)OC3c3cc(F)ccc3F)c2)c1. The first-order valence-corrected chi connectivity index (χ1v) is 8.45. The Morgan fingerprint density at radius 1 is 1.04 bits per heavy atom. The number of rotatable bonds is 3. The quantitative estimate of drug-likeness (QED) is 0.720. The summed E-state index contributed by atoms with van der Waals surface area (Å²) in [5.41, 5.74) is 3.57. The fourth-order valence-corrected chi connectivity index (χ4v) is 3.26. The molecular formula is C21H16F2N2O2. The molecule has 136 valence electrons. The topological polar surface area (TPSA) is 51.2 Å². The molecule has 1 saturated heterocycles. The molecular weight excluding hydrogens is 350 g/mol. The minimum Gasteiger partial charge on any atom is -0.439 e. The van der Waals surface area contributed by atoms with E-state index in [1.54, 1.807) is 12.4 Å². The van der Waals surface area contributed by atoms with Crippen LogP contribution >= 0.6 is 0 Å². The molecule has 0 spiro atoms. The van der Waals surface area contributed by atoms with Crippen LogP contribution in [0.5, 0.6) is 0 Å². The van der Waals surface area contributed by atoms with Gasteiger partial charge in [-0.05, 0) is 42.3 Å². The molecule has 0 aliphatic carbocycles. The van der Waals surface area contributed by atoms with Gasteiger partial charge in [0.15, 0.2) is 6.10 Å². The predicted octanol–water partition coefficient (Wildman–Crippen LogP) is 4.86. The molecule has 1 aliphatic heterocycles. The Balaban J connectivity index is 1.74. The van der Waals surface area contributed by atoms with Crippen LogP contribution < -0.4 is 5.32 Å². The molecule has 0 radical (unpaired) electrons. The van der Waals surface area contributed by atoms with Crippen LogP contribution in [-0.4, -0.2) is 11.1 Å². The van der Waals surface area contributed by atoms with Gasteiger partial charge >= 0.3 is 6.09 Å². The highest BCUT2D eigenvalue weighted by atomic mass is 19.1. The maximum atomic E-state index is 14.2. The van der Waals surface area contributed by atoms with Crippen LogP contribution in [0, 0.1) is 18.6 Å². The number of carbonyl (C=O) groups is 1. The minimum absolute atomic E-state index is 0.0145. The summed E-state index contributed by atoms with van der Waals surface area (Å²) in [4.78, 5) is 16.1. The zero-order valence-corrected chi connectivity index (χ0v) is 14.4. The number of pyridine rings is 1. The molecule has 3 aromatic rings. The predicted molar refractivity (Wildman–Crippen MR) is 95.9 cm³/mol. The maximum Gasteiger partial charge on any atom is 0.408 e. The number of hydrogen-bond donors (Lipinski definition) is 1. The minimum atomic E-state index is -0.984. The summed E-state index contributed by atoms with van der Waals surface area (Å²) < 4.78 is 33.1. The number of cyclic esters (lactones) is 1. The largest absolute Gasteiger partial charge is 0.439 e. The molecule has 6 heteroatoms. The first-order chi connectivity index (χ1) is 13.0. The Morgan fingerprint density at radius 3 is 2.70 bits per heavy atom. The molecule has 1 N–H and O–H groups in total. The van der Waals surface area contributed by atoms with Crippen molar-refractivity contribution in [3.63, 3.8) is 0 Å². The standard InChI is InChI=1S/C21H16F2N2O2/c1-12-3-2-4-13(7-12)14-8-15(11-24-10-14)19-20(27-21(26)25-19)17-9-16(22)5-6-18(17)23/h2-11,19-20H,1H3,(H,25,26)/t19-,20?/m1/s1. The maximum absolute atomic E-state index is 14.2. The molecule has 1 aliphatic rings. The van der Waals surface area contributed by atoms with Gasteiger partial charge in [0.2, 0.25) is 0 Å². The second-order valence-electron chi connectivity index (χ2n) is 6.49. The highest BCUT2D eigenvalue weighted by molar-refractivity contribution is 5.72. The summed E-state index contributed by atoms with van der Waals surface area (Å²) in [7, 11) is 0. The van der Waals surface area contributed by atoms with Gasteiger partial charge in [0.1, 0.15) is 17.7 Å². The van der Waals surface area contributed by atoms with E-state index < -0.39 is 29.9 Å². The number of amides is 1. The molecule has 1 unspecified atom stereocenters. The fraction of sp³-hybridized carbons (Fsp3) is 0.143. The number of aromatic nitrogens is 1. The summed E-state index contributed by atoms with van der Waals surface area (Å²) >= 11 is 0. The van der Waals surface area contributed by atoms with Gasteiger partial charge in [0, 0.05) is 23.5 Å². The number of hydrogen-bond acceptors (Lipinski definition) is 3. The highest BCUT2D eigenvalue weighted by Gasteiger charge is 2.38. The van der Waals surface area contributed by atoms with Crippen LogP contribution in [0.15, 0.2) is 60.9 Å². The van der Waals surface area contributed by atoms with Crippen molar-refractivity contribution in [2.45, 2.75) is 19.1 Å². The molecule has 2 heterocycles. The van der Waals surface area contributed by atoms with Gasteiger partial charge in [-0.1, -0.05) is 29.8 Å². The number of carbonyl (C=O) groups excluding carboxylic acids is 1. The molecule has 2 aromatic carbocycles. The molecule has 0 bridgehead atoms. The Labute approximate surface area is 154 Å². The van der Waals surface area contributed by atoms with Crippen molar-refractivity contribution in [2.75, 3.05) is 0 Å². The zero-order valence-electron chi connectivity index (χ0n) is 14.4. The first kappa shape index (κ1) is 17.1. The van der Waals surface area contributed by atoms with Crippen molar-refractivity contribution in [3.8, 4) is 11.1 Å². The van der Waals surface area contributed by atoms with E-state index in [0.29, 0.717) is 5.56 Å². The van der Waals surface area contributed by atoms with E-state index >= 15 is 0 Å². The Bertz CT molecular complexity index is 1020. The highest BCUT2D eigenvalue weighted by Crippen LogP contribution is 2.38. The number of alkyl carbamates (subject to hydrolysis) is 1. The van der Waals surface area contributed by atoms with Crippen LogP contribution in [0.4, 0.5) is 13.6 Å². The van der Waals surface area contributed by atoms with Crippen LogP contribution in [0.3, 0.4) is 0 Å². The number of nitrogens with zero attached hydrogens (tertiary/aromatic N) is 1. The normalized spacial score (nSPS) is 18.9. The van der Waals surface area contributed by atoms with Gasteiger partial charge in [-0.15, -0.1) is 0 Å². The third kappa shape index (κ3) is 3.38. The van der Waals surface area contributed by atoms with Gasteiger partial charge in [-0.3, -0.25) is 4.98 Å². The van der Waals surface area contributed by atoms with Crippen molar-refractivity contribution in [1.29, 1.82) is 0 Å². The second kappa shape index (κ2) is 6.79. The number of aryl methyl sites for hydroxylation is 1. The van der Waals surface area contributed by atoms with E-state index in [4.69, 9.17) is 4.74 Å². The molecule has 27 heavy (non-hydrogen) atoms. The summed E-state index contributed by atoms with van der Waals surface area (Å²) in [5.74, 6) is -1.23. The summed E-state index contributed by atoms with van der Waals surface area (Å²) in [6.45, 7) is 1.99. The second-order valence-corrected chi connectivity index (χ2v) is 6.49. The molecule has 4 rings (SSSR count). The lowest BCUT2D eigenvalue weighted by molar-refractivity contribution is 0.130. The van der Waals surface area contributed by atoms with Gasteiger partial charge in [-0.25, -0.2) is 13.6 Å². The molecule has 1 fully saturated rings. The van der Waals surface area contributed by atoms with Crippen LogP contribution in [0.25, 0.3) is 11.1 Å². The van der Waals surface area contributed by atoms with Crippen LogP contribution in [0.2, 0.25) is 0 Å². The van der Waals surface area contributed by atoms with Gasteiger partial charge < -0.3 is 10.1 Å². The Kier molecular flexibility index (Phi) is 4.32. The Morgan fingerprint density at radius 2 is 1.89 bits per heavy atom. The van der Waals surface area contributed by atoms with Gasteiger partial charge in [0.25, 0.3) is 0 Å². The van der Waals surface area contributed by atoms with E-state index in [9.17, 15) is 13.6 Å². The third-order valence-electron chi connectivity index (χ3n) is 4.54. The molecule has 1 amide bonds. The van der Waals surface area contributed by atoms with E-state index in [-0.39, 0.29) is 5.56 Å². The smallest absolute Gasteiger partial charge is 0.408 e. The van der Waals surface area contributed by atoms with Crippen molar-refractivity contribution in [1.82, 2.24) is 10.3 Å². The average Bonchev–Trinajstić information content (AvgIpc) is 3.05. The number of halogens is 2. The van der Waals surface area contributed by atoms with E-state index in [2.05, 4.69) is 10.3 Å². The lowest BCUT2D eigenvalue weighted by Gasteiger charge is -2.18. The van der Waals surface area contributed by atoms with Gasteiger partial charge in [-0.2, -0.15) is 0 Å². The fourth-order valence-electron chi connectivity index (χ4n) is 3.26. The molecule has 2 atom stereocenters. The third-order valence-corrected chi connectivity index (χ3v) is 4.54. The average molecular weight is 366 g/mol. The van der Waals surface area contributed by atoms with E-state index in [1.807, 2.05) is 37.3 Å². The summed E-state index contributed by atoms with van der Waals surface area (Å²) in [6.07, 6.45) is 1.63. The van der Waals surface area contributed by atoms with Crippen molar-refractivity contribution >= 4 is 6.09 Å². The van der Waals surface area contributed by atoms with E-state index in [0.717, 1.165) is 34.9 Å². The molecule has 4 nitrogen and oxygen atoms in total.